The maximum Gasteiger partial charge on any atom is 0.257 e. The number of aryl methyl sites for hydroxylation is 1. The minimum atomic E-state index is -0.0491. The Morgan fingerprint density at radius 2 is 2.37 bits per heavy atom. The van der Waals surface area contributed by atoms with Crippen LogP contribution in [0.1, 0.15) is 36.3 Å². The lowest BCUT2D eigenvalue weighted by Crippen LogP contribution is -2.51. The van der Waals surface area contributed by atoms with E-state index in [1.54, 1.807) is 12.3 Å². The summed E-state index contributed by atoms with van der Waals surface area (Å²) in [6.07, 6.45) is 2.50. The van der Waals surface area contributed by atoms with E-state index in [4.69, 9.17) is 10.5 Å². The van der Waals surface area contributed by atoms with Crippen molar-refractivity contribution in [2.75, 3.05) is 18.9 Å². The molecule has 1 fully saturated rings. The van der Waals surface area contributed by atoms with Crippen LogP contribution in [-0.2, 0) is 4.74 Å². The predicted molar refractivity (Wildman–Crippen MR) is 73.9 cm³/mol. The molecule has 104 valence electrons. The van der Waals surface area contributed by atoms with Crippen LogP contribution in [0.15, 0.2) is 12.3 Å². The van der Waals surface area contributed by atoms with Crippen molar-refractivity contribution in [3.63, 3.8) is 0 Å². The average molecular weight is 263 g/mol. The molecule has 0 aliphatic carbocycles. The third-order valence-electron chi connectivity index (χ3n) is 3.50. The van der Waals surface area contributed by atoms with Crippen molar-refractivity contribution in [1.82, 2.24) is 9.88 Å². The molecule has 1 saturated heterocycles. The maximum absolute atomic E-state index is 12.6. The number of aromatic nitrogens is 1. The molecule has 0 aromatic carbocycles. The van der Waals surface area contributed by atoms with Gasteiger partial charge in [0.05, 0.1) is 24.3 Å². The van der Waals surface area contributed by atoms with E-state index in [1.807, 2.05) is 18.7 Å². The highest BCUT2D eigenvalue weighted by Gasteiger charge is 2.30. The quantitative estimate of drug-likeness (QED) is 0.880. The SMILES string of the molecule is CCC1COC(C)CN1C(=O)c1cnc(C)cc1N. The van der Waals surface area contributed by atoms with Gasteiger partial charge in [-0.3, -0.25) is 9.78 Å². The highest BCUT2D eigenvalue weighted by Crippen LogP contribution is 2.20. The van der Waals surface area contributed by atoms with E-state index in [9.17, 15) is 4.79 Å². The zero-order valence-electron chi connectivity index (χ0n) is 11.7. The smallest absolute Gasteiger partial charge is 0.257 e. The van der Waals surface area contributed by atoms with Crippen LogP contribution in [0.25, 0.3) is 0 Å². The molecule has 2 atom stereocenters. The molecule has 1 aliphatic rings. The van der Waals surface area contributed by atoms with E-state index in [0.29, 0.717) is 24.4 Å². The van der Waals surface area contributed by atoms with Gasteiger partial charge in [-0.2, -0.15) is 0 Å². The molecule has 1 aromatic heterocycles. The summed E-state index contributed by atoms with van der Waals surface area (Å²) in [4.78, 5) is 18.6. The molecule has 0 bridgehead atoms. The number of anilines is 1. The van der Waals surface area contributed by atoms with Crippen molar-refractivity contribution < 1.29 is 9.53 Å². The number of nitrogens with zero attached hydrogens (tertiary/aromatic N) is 2. The summed E-state index contributed by atoms with van der Waals surface area (Å²) in [6.45, 7) is 7.08. The molecular weight excluding hydrogens is 242 g/mol. The zero-order chi connectivity index (χ0) is 14.0. The first-order chi connectivity index (χ1) is 9.02. The number of amides is 1. The van der Waals surface area contributed by atoms with E-state index in [-0.39, 0.29) is 18.1 Å². The van der Waals surface area contributed by atoms with Crippen LogP contribution < -0.4 is 5.73 Å². The van der Waals surface area contributed by atoms with Gasteiger partial charge in [0.15, 0.2) is 0 Å². The van der Waals surface area contributed by atoms with Crippen LogP contribution in [0.5, 0.6) is 0 Å². The Kier molecular flexibility index (Phi) is 4.04. The highest BCUT2D eigenvalue weighted by atomic mass is 16.5. The Morgan fingerprint density at radius 3 is 3.00 bits per heavy atom. The molecular formula is C14H21N3O2. The molecule has 5 nitrogen and oxygen atoms in total. The fourth-order valence-corrected chi connectivity index (χ4v) is 2.35. The van der Waals surface area contributed by atoms with Crippen molar-refractivity contribution in [1.29, 1.82) is 0 Å². The van der Waals surface area contributed by atoms with Crippen molar-refractivity contribution in [3.05, 3.63) is 23.5 Å². The molecule has 1 aromatic rings. The minimum Gasteiger partial charge on any atom is -0.398 e. The van der Waals surface area contributed by atoms with Crippen LogP contribution >= 0.6 is 0 Å². The molecule has 2 rings (SSSR count). The van der Waals surface area contributed by atoms with Gasteiger partial charge in [0, 0.05) is 24.1 Å². The van der Waals surface area contributed by atoms with E-state index in [0.717, 1.165) is 12.1 Å². The van der Waals surface area contributed by atoms with Gasteiger partial charge in [0.2, 0.25) is 0 Å². The number of hydrogen-bond donors (Lipinski definition) is 1. The van der Waals surface area contributed by atoms with Crippen molar-refractivity contribution >= 4 is 11.6 Å². The van der Waals surface area contributed by atoms with Gasteiger partial charge in [0.25, 0.3) is 5.91 Å². The summed E-state index contributed by atoms with van der Waals surface area (Å²) in [5.41, 5.74) is 7.72. The summed E-state index contributed by atoms with van der Waals surface area (Å²) >= 11 is 0. The van der Waals surface area contributed by atoms with Crippen LogP contribution in [0.3, 0.4) is 0 Å². The largest absolute Gasteiger partial charge is 0.398 e. The molecule has 0 saturated carbocycles. The van der Waals surface area contributed by atoms with Crippen molar-refractivity contribution in [2.45, 2.75) is 39.3 Å². The van der Waals surface area contributed by atoms with E-state index < -0.39 is 0 Å². The van der Waals surface area contributed by atoms with Gasteiger partial charge in [-0.05, 0) is 26.3 Å². The molecule has 0 spiro atoms. The zero-order valence-corrected chi connectivity index (χ0v) is 11.7. The average Bonchev–Trinajstić information content (AvgIpc) is 2.38. The molecule has 2 unspecified atom stereocenters. The molecule has 19 heavy (non-hydrogen) atoms. The normalized spacial score (nSPS) is 23.4. The van der Waals surface area contributed by atoms with Gasteiger partial charge >= 0.3 is 0 Å². The second-order valence-electron chi connectivity index (χ2n) is 5.08. The Morgan fingerprint density at radius 1 is 1.63 bits per heavy atom. The number of ether oxygens (including phenoxy) is 1. The second kappa shape index (κ2) is 5.57. The van der Waals surface area contributed by atoms with E-state index >= 15 is 0 Å². The number of hydrogen-bond acceptors (Lipinski definition) is 4. The van der Waals surface area contributed by atoms with Crippen LogP contribution in [0.2, 0.25) is 0 Å². The van der Waals surface area contributed by atoms with Gasteiger partial charge < -0.3 is 15.4 Å². The Bertz CT molecular complexity index is 476. The topological polar surface area (TPSA) is 68.5 Å². The molecule has 2 heterocycles. The molecule has 1 aliphatic heterocycles. The lowest BCUT2D eigenvalue weighted by Gasteiger charge is -2.38. The first-order valence-electron chi connectivity index (χ1n) is 6.67. The van der Waals surface area contributed by atoms with E-state index in [2.05, 4.69) is 11.9 Å². The standard InChI is InChI=1S/C14H21N3O2/c1-4-11-8-19-10(3)7-17(11)14(18)12-6-16-9(2)5-13(12)15/h5-6,10-11H,4,7-8H2,1-3H3,(H2,15,16). The number of rotatable bonds is 2. The van der Waals surface area contributed by atoms with E-state index in [1.165, 1.54) is 0 Å². The fraction of sp³-hybridized carbons (Fsp3) is 0.571. The second-order valence-corrected chi connectivity index (χ2v) is 5.08. The third kappa shape index (κ3) is 2.87. The Labute approximate surface area is 113 Å². The number of nitrogens with two attached hydrogens (primary N) is 1. The lowest BCUT2D eigenvalue weighted by atomic mass is 10.1. The number of carbonyl (C=O) groups excluding carboxylic acids is 1. The molecule has 5 heteroatoms. The summed E-state index contributed by atoms with van der Waals surface area (Å²) in [6, 6.07) is 1.85. The summed E-state index contributed by atoms with van der Waals surface area (Å²) in [5, 5.41) is 0. The molecule has 1 amide bonds. The molecule has 2 N–H and O–H groups in total. The highest BCUT2D eigenvalue weighted by molar-refractivity contribution is 5.99. The molecule has 0 radical (unpaired) electrons. The Hall–Kier alpha value is -1.62. The third-order valence-corrected chi connectivity index (χ3v) is 3.50. The summed E-state index contributed by atoms with van der Waals surface area (Å²) in [5.74, 6) is -0.0491. The number of pyridine rings is 1. The summed E-state index contributed by atoms with van der Waals surface area (Å²) < 4.78 is 5.61. The summed E-state index contributed by atoms with van der Waals surface area (Å²) in [7, 11) is 0. The van der Waals surface area contributed by atoms with Crippen LogP contribution in [-0.4, -0.2) is 41.1 Å². The minimum absolute atomic E-state index is 0.0491. The first kappa shape index (κ1) is 13.8. The lowest BCUT2D eigenvalue weighted by molar-refractivity contribution is -0.0443. The Balaban J connectivity index is 2.25. The van der Waals surface area contributed by atoms with Crippen LogP contribution in [0.4, 0.5) is 5.69 Å². The number of carbonyl (C=O) groups is 1. The predicted octanol–water partition coefficient (Wildman–Crippen LogP) is 1.61. The van der Waals surface area contributed by atoms with Gasteiger partial charge in [-0.15, -0.1) is 0 Å². The van der Waals surface area contributed by atoms with Gasteiger partial charge in [-0.25, -0.2) is 0 Å². The fourth-order valence-electron chi connectivity index (χ4n) is 2.35. The van der Waals surface area contributed by atoms with Crippen LogP contribution in [0, 0.1) is 6.92 Å². The van der Waals surface area contributed by atoms with Gasteiger partial charge in [-0.1, -0.05) is 6.92 Å². The first-order valence-corrected chi connectivity index (χ1v) is 6.67. The van der Waals surface area contributed by atoms with Crippen molar-refractivity contribution in [2.24, 2.45) is 0 Å². The maximum atomic E-state index is 12.6. The monoisotopic (exact) mass is 263 g/mol. The van der Waals surface area contributed by atoms with Gasteiger partial charge in [0.1, 0.15) is 0 Å². The van der Waals surface area contributed by atoms with Crippen molar-refractivity contribution in [3.8, 4) is 0 Å². The number of nitrogen functional groups attached to an aromatic ring is 1. The number of morpholine rings is 1.